The van der Waals surface area contributed by atoms with Crippen LogP contribution in [0.1, 0.15) is 39.2 Å². The average Bonchev–Trinajstić information content (AvgIpc) is 2.61. The highest BCUT2D eigenvalue weighted by atomic mass is 16.3. The van der Waals surface area contributed by atoms with Gasteiger partial charge in [-0.3, -0.25) is 4.99 Å². The molecule has 1 aliphatic carbocycles. The van der Waals surface area contributed by atoms with Crippen LogP contribution in [0.3, 0.4) is 0 Å². The molecule has 0 unspecified atom stereocenters. The lowest BCUT2D eigenvalue weighted by Crippen LogP contribution is -2.52. The number of hydrogen-bond donors (Lipinski definition) is 1. The van der Waals surface area contributed by atoms with Crippen LogP contribution >= 0.6 is 0 Å². The third-order valence-electron chi connectivity index (χ3n) is 5.44. The minimum absolute atomic E-state index is 0.109. The summed E-state index contributed by atoms with van der Waals surface area (Å²) in [5, 5.41) is 9.81. The van der Waals surface area contributed by atoms with Gasteiger partial charge in [-0.05, 0) is 46.0 Å². The van der Waals surface area contributed by atoms with E-state index < -0.39 is 0 Å². The Morgan fingerprint density at radius 3 is 2.45 bits per heavy atom. The SMILES string of the molecule is CN(C)[C@]1(C)CC[C@H](N=Cc2ccccc2O)C1(C)C. The third-order valence-corrected chi connectivity index (χ3v) is 5.44. The summed E-state index contributed by atoms with van der Waals surface area (Å²) in [6.07, 6.45) is 4.06. The maximum absolute atomic E-state index is 9.81. The smallest absolute Gasteiger partial charge is 0.124 e. The zero-order valence-electron chi connectivity index (χ0n) is 13.2. The molecule has 110 valence electrons. The second-order valence-electron chi connectivity index (χ2n) is 6.78. The van der Waals surface area contributed by atoms with Crippen LogP contribution in [-0.2, 0) is 0 Å². The highest BCUT2D eigenvalue weighted by Crippen LogP contribution is 2.50. The van der Waals surface area contributed by atoms with Gasteiger partial charge in [-0.15, -0.1) is 0 Å². The number of benzene rings is 1. The summed E-state index contributed by atoms with van der Waals surface area (Å²) in [5.41, 5.74) is 1.06. The van der Waals surface area contributed by atoms with E-state index in [4.69, 9.17) is 4.99 Å². The van der Waals surface area contributed by atoms with Crippen molar-refractivity contribution in [1.82, 2.24) is 4.90 Å². The van der Waals surface area contributed by atoms with Gasteiger partial charge in [-0.1, -0.05) is 26.0 Å². The van der Waals surface area contributed by atoms with Crippen molar-refractivity contribution in [1.29, 1.82) is 0 Å². The number of phenolic OH excluding ortho intramolecular Hbond substituents is 1. The fourth-order valence-corrected chi connectivity index (χ4v) is 3.29. The van der Waals surface area contributed by atoms with Crippen LogP contribution in [-0.4, -0.2) is 41.9 Å². The molecule has 0 bridgehead atoms. The number of nitrogens with zero attached hydrogens (tertiary/aromatic N) is 2. The molecule has 0 spiro atoms. The topological polar surface area (TPSA) is 35.8 Å². The molecule has 2 atom stereocenters. The molecule has 0 saturated heterocycles. The molecule has 0 amide bonds. The normalized spacial score (nSPS) is 29.4. The molecule has 1 fully saturated rings. The molecule has 1 saturated carbocycles. The molecule has 0 aromatic heterocycles. The lowest BCUT2D eigenvalue weighted by Gasteiger charge is -2.45. The summed E-state index contributed by atoms with van der Waals surface area (Å²) in [6, 6.07) is 7.63. The van der Waals surface area contributed by atoms with E-state index in [0.29, 0.717) is 5.75 Å². The van der Waals surface area contributed by atoms with Gasteiger partial charge < -0.3 is 10.0 Å². The van der Waals surface area contributed by atoms with Crippen LogP contribution in [0.5, 0.6) is 5.75 Å². The largest absolute Gasteiger partial charge is 0.507 e. The molecule has 1 N–H and O–H groups in total. The quantitative estimate of drug-likeness (QED) is 0.858. The van der Waals surface area contributed by atoms with E-state index in [9.17, 15) is 5.11 Å². The summed E-state index contributed by atoms with van der Waals surface area (Å²) in [4.78, 5) is 7.10. The predicted molar refractivity (Wildman–Crippen MR) is 84.6 cm³/mol. The Bertz CT molecular complexity index is 507. The number of aliphatic imine (C=N–C) groups is 1. The first-order chi connectivity index (χ1) is 9.29. The molecule has 1 aliphatic rings. The molecule has 1 aromatic rings. The molecule has 3 nitrogen and oxygen atoms in total. The van der Waals surface area contributed by atoms with Crippen molar-refractivity contribution in [2.24, 2.45) is 10.4 Å². The highest BCUT2D eigenvalue weighted by Gasteiger charge is 2.52. The van der Waals surface area contributed by atoms with Crippen molar-refractivity contribution in [2.45, 2.75) is 45.2 Å². The molecule has 0 heterocycles. The van der Waals surface area contributed by atoms with E-state index in [0.717, 1.165) is 18.4 Å². The van der Waals surface area contributed by atoms with E-state index >= 15 is 0 Å². The Kier molecular flexibility index (Phi) is 3.92. The van der Waals surface area contributed by atoms with Gasteiger partial charge in [-0.25, -0.2) is 0 Å². The molecular formula is C17H26N2O. The predicted octanol–water partition coefficient (Wildman–Crippen LogP) is 3.32. The van der Waals surface area contributed by atoms with Crippen LogP contribution in [0.15, 0.2) is 29.3 Å². The first-order valence-corrected chi connectivity index (χ1v) is 7.27. The molecular weight excluding hydrogens is 248 g/mol. The van der Waals surface area contributed by atoms with E-state index in [-0.39, 0.29) is 17.0 Å². The van der Waals surface area contributed by atoms with Gasteiger partial charge >= 0.3 is 0 Å². The number of phenols is 1. The molecule has 0 radical (unpaired) electrons. The van der Waals surface area contributed by atoms with Crippen LogP contribution in [0.4, 0.5) is 0 Å². The Morgan fingerprint density at radius 2 is 1.90 bits per heavy atom. The highest BCUT2D eigenvalue weighted by molar-refractivity contribution is 5.83. The van der Waals surface area contributed by atoms with Crippen molar-refractivity contribution in [2.75, 3.05) is 14.1 Å². The van der Waals surface area contributed by atoms with E-state index in [2.05, 4.69) is 39.8 Å². The summed E-state index contributed by atoms with van der Waals surface area (Å²) >= 11 is 0. The Labute approximate surface area is 122 Å². The second-order valence-corrected chi connectivity index (χ2v) is 6.78. The maximum Gasteiger partial charge on any atom is 0.124 e. The van der Waals surface area contributed by atoms with Gasteiger partial charge in [0.2, 0.25) is 0 Å². The second kappa shape index (κ2) is 5.21. The monoisotopic (exact) mass is 274 g/mol. The van der Waals surface area contributed by atoms with Crippen molar-refractivity contribution < 1.29 is 5.11 Å². The number of para-hydroxylation sites is 1. The Hall–Kier alpha value is -1.35. The van der Waals surface area contributed by atoms with Gasteiger partial charge in [-0.2, -0.15) is 0 Å². The van der Waals surface area contributed by atoms with Gasteiger partial charge in [0.25, 0.3) is 0 Å². The number of rotatable bonds is 3. The van der Waals surface area contributed by atoms with Crippen LogP contribution in [0, 0.1) is 5.41 Å². The maximum atomic E-state index is 9.81. The number of hydrogen-bond acceptors (Lipinski definition) is 3. The van der Waals surface area contributed by atoms with Crippen LogP contribution in [0.2, 0.25) is 0 Å². The van der Waals surface area contributed by atoms with Gasteiger partial charge in [0.05, 0.1) is 6.04 Å². The number of aromatic hydroxyl groups is 1. The van der Waals surface area contributed by atoms with E-state index in [1.54, 1.807) is 6.07 Å². The van der Waals surface area contributed by atoms with Gasteiger partial charge in [0.15, 0.2) is 0 Å². The van der Waals surface area contributed by atoms with Crippen molar-refractivity contribution in [3.8, 4) is 5.75 Å². The average molecular weight is 274 g/mol. The lowest BCUT2D eigenvalue weighted by atomic mass is 9.73. The lowest BCUT2D eigenvalue weighted by molar-refractivity contribution is 0.0568. The van der Waals surface area contributed by atoms with Crippen molar-refractivity contribution in [3.63, 3.8) is 0 Å². The summed E-state index contributed by atoms with van der Waals surface area (Å²) in [7, 11) is 4.30. The van der Waals surface area contributed by atoms with Crippen LogP contribution in [0.25, 0.3) is 0 Å². The summed E-state index contributed by atoms with van der Waals surface area (Å²) in [5.74, 6) is 0.294. The Balaban J connectivity index is 2.22. The molecule has 20 heavy (non-hydrogen) atoms. The van der Waals surface area contributed by atoms with Crippen molar-refractivity contribution >= 4 is 6.21 Å². The van der Waals surface area contributed by atoms with Crippen LogP contribution < -0.4 is 0 Å². The minimum atomic E-state index is 0.109. The van der Waals surface area contributed by atoms with Crippen molar-refractivity contribution in [3.05, 3.63) is 29.8 Å². The molecule has 0 aliphatic heterocycles. The summed E-state index contributed by atoms with van der Waals surface area (Å²) < 4.78 is 0. The Morgan fingerprint density at radius 1 is 1.25 bits per heavy atom. The fourth-order valence-electron chi connectivity index (χ4n) is 3.29. The zero-order chi connectivity index (χ0) is 15.0. The molecule has 2 rings (SSSR count). The first-order valence-electron chi connectivity index (χ1n) is 7.27. The minimum Gasteiger partial charge on any atom is -0.507 e. The van der Waals surface area contributed by atoms with Gasteiger partial charge in [0.1, 0.15) is 5.75 Å². The zero-order valence-corrected chi connectivity index (χ0v) is 13.2. The molecule has 3 heteroatoms. The molecule has 1 aromatic carbocycles. The van der Waals surface area contributed by atoms with E-state index in [1.807, 2.05) is 24.4 Å². The van der Waals surface area contributed by atoms with Gasteiger partial charge in [0, 0.05) is 22.7 Å². The first kappa shape index (κ1) is 15.0. The van der Waals surface area contributed by atoms with E-state index in [1.165, 1.54) is 0 Å². The third kappa shape index (κ3) is 2.35. The fraction of sp³-hybridized carbons (Fsp3) is 0.588. The summed E-state index contributed by atoms with van der Waals surface area (Å²) in [6.45, 7) is 6.92. The standard InChI is InChI=1S/C17H26N2O/c1-16(2)15(10-11-17(16,3)19(4)5)18-12-13-8-6-7-9-14(13)20/h6-9,12,15,20H,10-11H2,1-5H3/t15-,17+/m0/s1.